The first-order chi connectivity index (χ1) is 10.9. The molecule has 2 aromatic heterocycles. The Kier molecular flexibility index (Phi) is 4.18. The summed E-state index contributed by atoms with van der Waals surface area (Å²) >= 11 is 6.81. The van der Waals surface area contributed by atoms with E-state index < -0.39 is 11.9 Å². The van der Waals surface area contributed by atoms with Crippen molar-refractivity contribution < 1.29 is 13.2 Å². The molecule has 6 nitrogen and oxygen atoms in total. The summed E-state index contributed by atoms with van der Waals surface area (Å²) in [6.45, 7) is 0. The maximum atomic E-state index is 12.5. The Hall–Kier alpha value is -2.20. The lowest BCUT2D eigenvalue weighted by atomic mass is 10.3. The zero-order valence-corrected chi connectivity index (χ0v) is 12.6. The number of tetrazole rings is 1. The van der Waals surface area contributed by atoms with Crippen LogP contribution in [0.2, 0.25) is 5.02 Å². The van der Waals surface area contributed by atoms with Gasteiger partial charge in [0.05, 0.1) is 5.69 Å². The second-order valence-electron chi connectivity index (χ2n) is 4.21. The fraction of sp³-hybridized carbons (Fsp3) is 0.0833. The van der Waals surface area contributed by atoms with Crippen LogP contribution in [0.15, 0.2) is 46.6 Å². The Morgan fingerprint density at radius 3 is 2.30 bits per heavy atom. The van der Waals surface area contributed by atoms with Gasteiger partial charge in [-0.3, -0.25) is 0 Å². The predicted molar refractivity (Wildman–Crippen MR) is 75.3 cm³/mol. The highest BCUT2D eigenvalue weighted by Gasteiger charge is 2.32. The highest BCUT2D eigenvalue weighted by molar-refractivity contribution is 7.99. The molecule has 0 bridgehead atoms. The normalized spacial score (nSPS) is 11.7. The van der Waals surface area contributed by atoms with Crippen LogP contribution in [0.3, 0.4) is 0 Å². The average molecular weight is 359 g/mol. The molecular weight excluding hydrogens is 353 g/mol. The molecular formula is C12H6ClF3N6S. The molecule has 0 aliphatic heterocycles. The number of benzene rings is 1. The van der Waals surface area contributed by atoms with Crippen LogP contribution in [-0.4, -0.2) is 30.4 Å². The first-order valence-electron chi connectivity index (χ1n) is 6.06. The molecule has 118 valence electrons. The molecule has 11 heteroatoms. The van der Waals surface area contributed by atoms with Crippen molar-refractivity contribution >= 4 is 23.4 Å². The number of aromatic nitrogens is 6. The van der Waals surface area contributed by atoms with Gasteiger partial charge >= 0.3 is 6.18 Å². The quantitative estimate of drug-likeness (QED) is 0.715. The van der Waals surface area contributed by atoms with Crippen molar-refractivity contribution in [1.29, 1.82) is 0 Å². The topological polar surface area (TPSA) is 69.4 Å². The third kappa shape index (κ3) is 3.59. The van der Waals surface area contributed by atoms with E-state index in [0.717, 1.165) is 17.8 Å². The Bertz CT molecular complexity index is 803. The Labute approximate surface area is 136 Å². The van der Waals surface area contributed by atoms with Crippen LogP contribution in [0.5, 0.6) is 0 Å². The van der Waals surface area contributed by atoms with E-state index in [9.17, 15) is 13.2 Å². The minimum absolute atomic E-state index is 0.239. The molecule has 1 aromatic carbocycles. The largest absolute Gasteiger partial charge is 0.435 e. The van der Waals surface area contributed by atoms with E-state index in [2.05, 4.69) is 25.7 Å². The fourth-order valence-corrected chi connectivity index (χ4v) is 2.44. The van der Waals surface area contributed by atoms with E-state index in [-0.39, 0.29) is 5.03 Å². The molecule has 0 atom stereocenters. The Morgan fingerprint density at radius 2 is 1.70 bits per heavy atom. The maximum absolute atomic E-state index is 12.5. The summed E-state index contributed by atoms with van der Waals surface area (Å²) in [6.07, 6.45) is -4.53. The molecule has 0 aliphatic rings. The van der Waals surface area contributed by atoms with Crippen LogP contribution in [0.25, 0.3) is 5.69 Å². The number of hydrogen-bond donors (Lipinski definition) is 0. The SMILES string of the molecule is FC(F)(F)c1ccc(Sc2nnnn2-c2ccc(Cl)cc2)nn1. The van der Waals surface area contributed by atoms with Crippen LogP contribution in [-0.2, 0) is 6.18 Å². The molecule has 3 rings (SSSR count). The summed E-state index contributed by atoms with van der Waals surface area (Å²) in [5, 5.41) is 19.0. The smallest absolute Gasteiger partial charge is 0.187 e. The summed E-state index contributed by atoms with van der Waals surface area (Å²) in [6, 6.07) is 8.82. The van der Waals surface area contributed by atoms with Gasteiger partial charge < -0.3 is 0 Å². The summed E-state index contributed by atoms with van der Waals surface area (Å²) < 4.78 is 38.8. The van der Waals surface area contributed by atoms with Crippen LogP contribution in [0.4, 0.5) is 13.2 Å². The van der Waals surface area contributed by atoms with Crippen LogP contribution in [0, 0.1) is 0 Å². The number of halogens is 4. The summed E-state index contributed by atoms with van der Waals surface area (Å²) in [7, 11) is 0. The van der Waals surface area contributed by atoms with Gasteiger partial charge in [-0.2, -0.15) is 17.9 Å². The van der Waals surface area contributed by atoms with Gasteiger partial charge in [0, 0.05) is 5.02 Å². The molecule has 0 saturated heterocycles. The summed E-state index contributed by atoms with van der Waals surface area (Å²) in [5.74, 6) is 0. The summed E-state index contributed by atoms with van der Waals surface area (Å²) in [5.41, 5.74) is -0.402. The van der Waals surface area contributed by atoms with Crippen molar-refractivity contribution in [2.75, 3.05) is 0 Å². The minimum atomic E-state index is -4.53. The zero-order valence-electron chi connectivity index (χ0n) is 11.1. The molecule has 0 amide bonds. The minimum Gasteiger partial charge on any atom is -0.187 e. The van der Waals surface area contributed by atoms with Gasteiger partial charge in [-0.05, 0) is 58.6 Å². The van der Waals surface area contributed by atoms with Gasteiger partial charge in [0.15, 0.2) is 5.69 Å². The number of nitrogens with zero attached hydrogens (tertiary/aromatic N) is 6. The predicted octanol–water partition coefficient (Wildman–Crippen LogP) is 3.28. The highest BCUT2D eigenvalue weighted by atomic mass is 35.5. The first-order valence-corrected chi connectivity index (χ1v) is 7.26. The van der Waals surface area contributed by atoms with Gasteiger partial charge in [0.1, 0.15) is 5.03 Å². The van der Waals surface area contributed by atoms with E-state index in [0.29, 0.717) is 15.9 Å². The Balaban J connectivity index is 1.84. The third-order valence-electron chi connectivity index (χ3n) is 2.64. The number of hydrogen-bond acceptors (Lipinski definition) is 6. The molecule has 0 fully saturated rings. The van der Waals surface area contributed by atoms with E-state index in [1.807, 2.05) is 0 Å². The number of rotatable bonds is 3. The molecule has 0 saturated carbocycles. The van der Waals surface area contributed by atoms with Crippen LogP contribution >= 0.6 is 23.4 Å². The van der Waals surface area contributed by atoms with Gasteiger partial charge in [0.25, 0.3) is 0 Å². The standard InChI is InChI=1S/C12H6ClF3N6S/c13-7-1-3-8(4-2-7)22-11(19-20-21-22)23-10-6-5-9(17-18-10)12(14,15)16/h1-6H. The van der Waals surface area contributed by atoms with Crippen molar-refractivity contribution in [3.8, 4) is 5.69 Å². The monoisotopic (exact) mass is 358 g/mol. The molecule has 0 aliphatic carbocycles. The fourth-order valence-electron chi connectivity index (χ4n) is 1.61. The van der Waals surface area contributed by atoms with Crippen LogP contribution in [0.1, 0.15) is 5.69 Å². The lowest BCUT2D eigenvalue weighted by Gasteiger charge is -2.05. The second-order valence-corrected chi connectivity index (χ2v) is 5.63. The average Bonchev–Trinajstić information content (AvgIpc) is 2.96. The molecule has 23 heavy (non-hydrogen) atoms. The third-order valence-corrected chi connectivity index (χ3v) is 3.75. The first kappa shape index (κ1) is 15.7. The highest BCUT2D eigenvalue weighted by Crippen LogP contribution is 2.29. The number of alkyl halides is 3. The summed E-state index contributed by atoms with van der Waals surface area (Å²) in [4.78, 5) is 0. The van der Waals surface area contributed by atoms with E-state index in [1.165, 1.54) is 10.7 Å². The molecule has 2 heterocycles. The molecule has 0 radical (unpaired) electrons. The van der Waals surface area contributed by atoms with Gasteiger partial charge in [-0.1, -0.05) is 11.6 Å². The van der Waals surface area contributed by atoms with Crippen LogP contribution < -0.4 is 0 Å². The zero-order chi connectivity index (χ0) is 16.4. The molecule has 0 N–H and O–H groups in total. The van der Waals surface area contributed by atoms with Gasteiger partial charge in [-0.15, -0.1) is 15.3 Å². The molecule has 3 aromatic rings. The van der Waals surface area contributed by atoms with E-state index >= 15 is 0 Å². The van der Waals surface area contributed by atoms with Gasteiger partial charge in [-0.25, -0.2) is 0 Å². The molecule has 0 spiro atoms. The maximum Gasteiger partial charge on any atom is 0.435 e. The van der Waals surface area contributed by atoms with Gasteiger partial charge in [0.2, 0.25) is 5.16 Å². The lowest BCUT2D eigenvalue weighted by molar-refractivity contribution is -0.141. The molecule has 0 unspecified atom stereocenters. The Morgan fingerprint density at radius 1 is 0.957 bits per heavy atom. The van der Waals surface area contributed by atoms with Crippen molar-refractivity contribution in [2.24, 2.45) is 0 Å². The van der Waals surface area contributed by atoms with Crippen molar-refractivity contribution in [3.05, 3.63) is 47.1 Å². The van der Waals surface area contributed by atoms with E-state index in [4.69, 9.17) is 11.6 Å². The van der Waals surface area contributed by atoms with Crippen molar-refractivity contribution in [2.45, 2.75) is 16.4 Å². The van der Waals surface area contributed by atoms with Crippen molar-refractivity contribution in [3.63, 3.8) is 0 Å². The second kappa shape index (κ2) is 6.13. The van der Waals surface area contributed by atoms with Crippen molar-refractivity contribution in [1.82, 2.24) is 30.4 Å². The lowest BCUT2D eigenvalue weighted by Crippen LogP contribution is -2.08. The van der Waals surface area contributed by atoms with E-state index in [1.54, 1.807) is 24.3 Å².